The van der Waals surface area contributed by atoms with Gasteiger partial charge in [0.15, 0.2) is 34.6 Å². The molecule has 0 saturated heterocycles. The number of hydrogen-bond acceptors (Lipinski definition) is 8. The van der Waals surface area contributed by atoms with E-state index in [-0.39, 0.29) is 47.4 Å². The number of aromatic hydroxyl groups is 4. The fraction of sp³-hybridized carbons (Fsp3) is 0.364. The fourth-order valence-electron chi connectivity index (χ4n) is 4.56. The van der Waals surface area contributed by atoms with E-state index in [4.69, 9.17) is 11.5 Å². The monoisotopic (exact) mass is 414 g/mol. The Bertz CT molecular complexity index is 976. The molecule has 30 heavy (non-hydrogen) atoms. The first-order valence-electron chi connectivity index (χ1n) is 9.78. The van der Waals surface area contributed by atoms with Crippen molar-refractivity contribution in [3.63, 3.8) is 0 Å². The zero-order valence-corrected chi connectivity index (χ0v) is 16.4. The molecule has 3 rings (SSSR count). The average Bonchev–Trinajstić information content (AvgIpc) is 2.75. The lowest BCUT2D eigenvalue weighted by Gasteiger charge is -2.45. The number of rotatable bonds is 6. The van der Waals surface area contributed by atoms with Crippen LogP contribution in [0.4, 0.5) is 0 Å². The summed E-state index contributed by atoms with van der Waals surface area (Å²) >= 11 is 0. The molecule has 0 bridgehead atoms. The number of carbonyl (C=O) groups excluding carboxylic acids is 2. The molecule has 3 unspecified atom stereocenters. The van der Waals surface area contributed by atoms with E-state index in [2.05, 4.69) is 0 Å². The summed E-state index contributed by atoms with van der Waals surface area (Å²) < 4.78 is 0. The summed E-state index contributed by atoms with van der Waals surface area (Å²) in [6.45, 7) is 0.0702. The molecule has 0 heterocycles. The van der Waals surface area contributed by atoms with Gasteiger partial charge in [-0.25, -0.2) is 0 Å². The number of carbonyl (C=O) groups is 2. The first-order valence-corrected chi connectivity index (χ1v) is 9.78. The number of phenolic OH excluding ortho intramolecular Hbond substituents is 4. The van der Waals surface area contributed by atoms with Crippen LogP contribution in [0.1, 0.15) is 40.0 Å². The van der Waals surface area contributed by atoms with Crippen LogP contribution in [-0.2, 0) is 0 Å². The van der Waals surface area contributed by atoms with Crippen molar-refractivity contribution in [2.45, 2.75) is 19.3 Å². The number of nitrogens with two attached hydrogens (primary N) is 2. The van der Waals surface area contributed by atoms with Gasteiger partial charge < -0.3 is 31.9 Å². The van der Waals surface area contributed by atoms with E-state index in [1.54, 1.807) is 0 Å². The minimum atomic E-state index is -1.25. The third-order valence-electron chi connectivity index (χ3n) is 6.16. The Hall–Kier alpha value is -3.10. The van der Waals surface area contributed by atoms with Crippen molar-refractivity contribution < 1.29 is 30.0 Å². The van der Waals surface area contributed by atoms with Crippen LogP contribution in [0.3, 0.4) is 0 Å². The molecule has 2 aromatic carbocycles. The van der Waals surface area contributed by atoms with Crippen LogP contribution >= 0.6 is 0 Å². The van der Waals surface area contributed by atoms with Crippen LogP contribution in [0.25, 0.3) is 0 Å². The van der Waals surface area contributed by atoms with Crippen LogP contribution in [0.5, 0.6) is 23.0 Å². The van der Waals surface area contributed by atoms with Gasteiger partial charge in [0.2, 0.25) is 0 Å². The van der Waals surface area contributed by atoms with Gasteiger partial charge in [0.1, 0.15) is 0 Å². The van der Waals surface area contributed by atoms with Gasteiger partial charge in [0, 0.05) is 23.6 Å². The second-order valence-corrected chi connectivity index (χ2v) is 7.83. The Morgan fingerprint density at radius 2 is 1.47 bits per heavy atom. The molecule has 0 aromatic heterocycles. The molecule has 1 saturated carbocycles. The quantitative estimate of drug-likeness (QED) is 0.308. The maximum Gasteiger partial charge on any atom is 0.171 e. The average molecular weight is 414 g/mol. The van der Waals surface area contributed by atoms with Crippen molar-refractivity contribution in [1.29, 1.82) is 0 Å². The van der Waals surface area contributed by atoms with Gasteiger partial charge in [-0.3, -0.25) is 9.59 Å². The highest BCUT2D eigenvalue weighted by atomic mass is 16.3. The molecule has 0 aliphatic heterocycles. The summed E-state index contributed by atoms with van der Waals surface area (Å²) in [5.74, 6) is -3.52. The molecule has 0 radical (unpaired) electrons. The van der Waals surface area contributed by atoms with Gasteiger partial charge in [-0.1, -0.05) is 6.42 Å². The standard InChI is InChI=1S/C22H26N2O6/c23-10-14-2-1-7-22(11-24,21(30)13-4-6-16(26)18(28)9-13)19(14)20(29)12-3-5-15(25)17(27)8-12/h3-6,8-9,14,19,25-28H,1-2,7,10-11,23-24H2. The van der Waals surface area contributed by atoms with Crippen molar-refractivity contribution in [2.24, 2.45) is 28.7 Å². The molecule has 1 aliphatic carbocycles. The molecule has 8 nitrogen and oxygen atoms in total. The third kappa shape index (κ3) is 3.59. The Balaban J connectivity index is 2.11. The molecule has 3 atom stereocenters. The van der Waals surface area contributed by atoms with Crippen molar-refractivity contribution in [3.05, 3.63) is 47.5 Å². The number of hydrogen-bond donors (Lipinski definition) is 6. The van der Waals surface area contributed by atoms with E-state index in [0.29, 0.717) is 19.3 Å². The van der Waals surface area contributed by atoms with E-state index < -0.39 is 28.6 Å². The van der Waals surface area contributed by atoms with Gasteiger partial charge in [-0.15, -0.1) is 0 Å². The van der Waals surface area contributed by atoms with E-state index in [0.717, 1.165) is 12.1 Å². The highest BCUT2D eigenvalue weighted by Crippen LogP contribution is 2.48. The predicted octanol–water partition coefficient (Wildman–Crippen LogP) is 1.89. The van der Waals surface area contributed by atoms with E-state index >= 15 is 0 Å². The van der Waals surface area contributed by atoms with Gasteiger partial charge in [-0.2, -0.15) is 0 Å². The largest absolute Gasteiger partial charge is 0.504 e. The van der Waals surface area contributed by atoms with Gasteiger partial charge in [-0.05, 0) is 61.7 Å². The lowest BCUT2D eigenvalue weighted by atomic mass is 9.56. The minimum absolute atomic E-state index is 0.107. The number of Topliss-reactive ketones (excluding diaryl/α,β-unsaturated/α-hetero) is 2. The molecule has 2 aromatic rings. The van der Waals surface area contributed by atoms with E-state index in [1.807, 2.05) is 0 Å². The predicted molar refractivity (Wildman–Crippen MR) is 110 cm³/mol. The van der Waals surface area contributed by atoms with Crippen LogP contribution in [0.2, 0.25) is 0 Å². The highest BCUT2D eigenvalue weighted by molar-refractivity contribution is 6.08. The smallest absolute Gasteiger partial charge is 0.171 e. The third-order valence-corrected chi connectivity index (χ3v) is 6.16. The summed E-state index contributed by atoms with van der Waals surface area (Å²) in [6, 6.07) is 7.52. The van der Waals surface area contributed by atoms with Crippen molar-refractivity contribution in [1.82, 2.24) is 0 Å². The summed E-state index contributed by atoms with van der Waals surface area (Å²) in [7, 11) is 0. The molecule has 8 heteroatoms. The Kier molecular flexibility index (Phi) is 6.00. The lowest BCUT2D eigenvalue weighted by Crippen LogP contribution is -2.54. The maximum atomic E-state index is 13.6. The second-order valence-electron chi connectivity index (χ2n) is 7.83. The van der Waals surface area contributed by atoms with Crippen LogP contribution in [-0.4, -0.2) is 45.1 Å². The van der Waals surface area contributed by atoms with Crippen LogP contribution in [0, 0.1) is 17.3 Å². The second kappa shape index (κ2) is 8.33. The van der Waals surface area contributed by atoms with Crippen LogP contribution < -0.4 is 11.5 Å². The van der Waals surface area contributed by atoms with Crippen LogP contribution in [0.15, 0.2) is 36.4 Å². The molecule has 0 spiro atoms. The normalized spacial score (nSPS) is 23.8. The molecule has 1 fully saturated rings. The maximum absolute atomic E-state index is 13.6. The van der Waals surface area contributed by atoms with Gasteiger partial charge >= 0.3 is 0 Å². The zero-order valence-electron chi connectivity index (χ0n) is 16.4. The van der Waals surface area contributed by atoms with Crippen molar-refractivity contribution in [2.75, 3.05) is 13.1 Å². The Morgan fingerprint density at radius 1 is 0.900 bits per heavy atom. The summed E-state index contributed by atoms with van der Waals surface area (Å²) in [4.78, 5) is 27.1. The summed E-state index contributed by atoms with van der Waals surface area (Å²) in [5, 5.41) is 38.8. The van der Waals surface area contributed by atoms with Crippen molar-refractivity contribution >= 4 is 11.6 Å². The Morgan fingerprint density at radius 3 is 2.00 bits per heavy atom. The zero-order chi connectivity index (χ0) is 22.1. The van der Waals surface area contributed by atoms with Gasteiger partial charge in [0.25, 0.3) is 0 Å². The number of ketones is 2. The fourth-order valence-corrected chi connectivity index (χ4v) is 4.56. The van der Waals surface area contributed by atoms with Gasteiger partial charge in [0.05, 0.1) is 5.41 Å². The molecule has 160 valence electrons. The molecule has 8 N–H and O–H groups in total. The first-order chi connectivity index (χ1) is 14.2. The molecular formula is C22H26N2O6. The minimum Gasteiger partial charge on any atom is -0.504 e. The SMILES string of the molecule is NCC1CCCC(CN)(C(=O)c2ccc(O)c(O)c2)C1C(=O)c1ccc(O)c(O)c1. The molecule has 1 aliphatic rings. The highest BCUT2D eigenvalue weighted by Gasteiger charge is 2.53. The Labute approximate surface area is 173 Å². The molecular weight excluding hydrogens is 388 g/mol. The lowest BCUT2D eigenvalue weighted by molar-refractivity contribution is 0.0338. The van der Waals surface area contributed by atoms with E-state index in [9.17, 15) is 30.0 Å². The molecule has 0 amide bonds. The van der Waals surface area contributed by atoms with Crippen molar-refractivity contribution in [3.8, 4) is 23.0 Å². The summed E-state index contributed by atoms with van der Waals surface area (Å²) in [6.07, 6.45) is 1.66. The topological polar surface area (TPSA) is 167 Å². The number of benzene rings is 2. The number of phenols is 4. The summed E-state index contributed by atoms with van der Waals surface area (Å²) in [5.41, 5.74) is 11.1. The van der Waals surface area contributed by atoms with E-state index in [1.165, 1.54) is 24.3 Å². The first kappa shape index (κ1) is 21.6.